The second-order valence-corrected chi connectivity index (χ2v) is 7.98. The molecule has 166 valence electrons. The summed E-state index contributed by atoms with van der Waals surface area (Å²) < 4.78 is 1.84. The zero-order valence-electron chi connectivity index (χ0n) is 18.7. The molecule has 1 aliphatic heterocycles. The van der Waals surface area contributed by atoms with Gasteiger partial charge in [0, 0.05) is 57.7 Å². The molecule has 0 spiro atoms. The van der Waals surface area contributed by atoms with Crippen molar-refractivity contribution in [3.8, 4) is 0 Å². The molecule has 2 aromatic heterocycles. The van der Waals surface area contributed by atoms with Crippen LogP contribution >= 0.6 is 24.0 Å². The van der Waals surface area contributed by atoms with Gasteiger partial charge in [0.25, 0.3) is 0 Å². The molecule has 2 N–H and O–H groups in total. The van der Waals surface area contributed by atoms with E-state index in [1.807, 2.05) is 31.2 Å². The van der Waals surface area contributed by atoms with Crippen LogP contribution in [0.2, 0.25) is 0 Å². The van der Waals surface area contributed by atoms with E-state index in [4.69, 9.17) is 0 Å². The number of guanidine groups is 1. The third-order valence-corrected chi connectivity index (χ3v) is 5.47. The molecule has 0 radical (unpaired) electrons. The monoisotopic (exact) mass is 526 g/mol. The van der Waals surface area contributed by atoms with E-state index in [1.165, 1.54) is 11.1 Å². The summed E-state index contributed by atoms with van der Waals surface area (Å²) in [4.78, 5) is 13.5. The third-order valence-electron chi connectivity index (χ3n) is 5.47. The molecule has 1 unspecified atom stereocenters. The molecular weight excluding hydrogens is 491 g/mol. The standard InChI is InChI=1S/C21H34N8.HI/c1-16-6-7-20(23-12-16)29-10-8-18(9-11-29)26-21(22-2)24-14-19(27(3)4)17-13-25-28(5)15-17;/h6-7,12-13,15,18-19H,8-11,14H2,1-5H3,(H2,22,24,26);1H. The second kappa shape index (κ2) is 11.5. The van der Waals surface area contributed by atoms with Gasteiger partial charge in [-0.25, -0.2) is 4.98 Å². The normalized spacial score (nSPS) is 16.3. The number of aromatic nitrogens is 3. The fraction of sp³-hybridized carbons (Fsp3) is 0.571. The van der Waals surface area contributed by atoms with Gasteiger partial charge in [-0.05, 0) is 45.5 Å². The lowest BCUT2D eigenvalue weighted by molar-refractivity contribution is 0.297. The van der Waals surface area contributed by atoms with E-state index in [2.05, 4.69) is 74.9 Å². The summed E-state index contributed by atoms with van der Waals surface area (Å²) >= 11 is 0. The van der Waals surface area contributed by atoms with Gasteiger partial charge < -0.3 is 20.4 Å². The fourth-order valence-corrected chi connectivity index (χ4v) is 3.69. The molecule has 0 aliphatic carbocycles. The number of aryl methyl sites for hydroxylation is 2. The minimum atomic E-state index is 0. The number of hydrogen-bond acceptors (Lipinski definition) is 5. The number of aliphatic imine (C=N–C) groups is 1. The molecule has 30 heavy (non-hydrogen) atoms. The maximum Gasteiger partial charge on any atom is 0.191 e. The highest BCUT2D eigenvalue weighted by Gasteiger charge is 2.22. The zero-order valence-corrected chi connectivity index (χ0v) is 21.0. The highest BCUT2D eigenvalue weighted by Crippen LogP contribution is 2.18. The lowest BCUT2D eigenvalue weighted by Gasteiger charge is -2.34. The fourth-order valence-electron chi connectivity index (χ4n) is 3.69. The lowest BCUT2D eigenvalue weighted by atomic mass is 10.1. The van der Waals surface area contributed by atoms with E-state index < -0.39 is 0 Å². The molecule has 3 rings (SSSR count). The van der Waals surface area contributed by atoms with Crippen molar-refractivity contribution in [1.29, 1.82) is 0 Å². The molecular formula is C21H35IN8. The largest absolute Gasteiger partial charge is 0.356 e. The van der Waals surface area contributed by atoms with Crippen LogP contribution in [-0.2, 0) is 7.05 Å². The topological polar surface area (TPSA) is 73.6 Å². The molecule has 0 saturated carbocycles. The van der Waals surface area contributed by atoms with Crippen LogP contribution in [0, 0.1) is 6.92 Å². The van der Waals surface area contributed by atoms with Crippen LogP contribution in [0.25, 0.3) is 0 Å². The Labute approximate surface area is 197 Å². The Morgan fingerprint density at radius 2 is 2.00 bits per heavy atom. The molecule has 8 nitrogen and oxygen atoms in total. The molecule has 1 fully saturated rings. The van der Waals surface area contributed by atoms with Crippen LogP contribution in [0.3, 0.4) is 0 Å². The lowest BCUT2D eigenvalue weighted by Crippen LogP contribution is -2.50. The van der Waals surface area contributed by atoms with Crippen LogP contribution in [0.1, 0.15) is 30.0 Å². The summed E-state index contributed by atoms with van der Waals surface area (Å²) in [5.74, 6) is 1.93. The Kier molecular flexibility index (Phi) is 9.35. The SMILES string of the molecule is CN=C(NCC(c1cnn(C)c1)N(C)C)NC1CCN(c2ccc(C)cn2)CC1.I. The zero-order chi connectivity index (χ0) is 20.8. The number of nitrogens with one attached hydrogen (secondary N) is 2. The first kappa shape index (κ1) is 24.4. The van der Waals surface area contributed by atoms with Gasteiger partial charge in [-0.1, -0.05) is 6.07 Å². The van der Waals surface area contributed by atoms with E-state index in [-0.39, 0.29) is 30.0 Å². The van der Waals surface area contributed by atoms with Crippen molar-refractivity contribution >= 4 is 35.8 Å². The highest BCUT2D eigenvalue weighted by molar-refractivity contribution is 14.0. The van der Waals surface area contributed by atoms with Crippen molar-refractivity contribution in [2.75, 3.05) is 45.7 Å². The van der Waals surface area contributed by atoms with E-state index in [1.54, 1.807) is 0 Å². The van der Waals surface area contributed by atoms with Crippen LogP contribution < -0.4 is 15.5 Å². The maximum absolute atomic E-state index is 4.56. The van der Waals surface area contributed by atoms with E-state index in [0.717, 1.165) is 44.3 Å². The van der Waals surface area contributed by atoms with Gasteiger partial charge in [0.05, 0.1) is 12.2 Å². The van der Waals surface area contributed by atoms with Crippen molar-refractivity contribution in [3.63, 3.8) is 0 Å². The van der Waals surface area contributed by atoms with Crippen LogP contribution in [0.4, 0.5) is 5.82 Å². The summed E-state index contributed by atoms with van der Waals surface area (Å²) in [5, 5.41) is 11.4. The van der Waals surface area contributed by atoms with Crippen molar-refractivity contribution in [3.05, 3.63) is 41.9 Å². The van der Waals surface area contributed by atoms with Gasteiger partial charge in [0.2, 0.25) is 0 Å². The Hall–Kier alpha value is -1.88. The number of nitrogens with zero attached hydrogens (tertiary/aromatic N) is 6. The average Bonchev–Trinajstić information content (AvgIpc) is 3.14. The molecule has 2 aromatic rings. The van der Waals surface area contributed by atoms with Crippen molar-refractivity contribution in [1.82, 2.24) is 30.3 Å². The van der Waals surface area contributed by atoms with Gasteiger partial charge in [-0.15, -0.1) is 24.0 Å². The quantitative estimate of drug-likeness (QED) is 0.342. The van der Waals surface area contributed by atoms with Crippen molar-refractivity contribution in [2.45, 2.75) is 31.8 Å². The minimum absolute atomic E-state index is 0. The van der Waals surface area contributed by atoms with Crippen molar-refractivity contribution in [2.24, 2.45) is 12.0 Å². The number of rotatable bonds is 6. The summed E-state index contributed by atoms with van der Waals surface area (Å²) in [6.07, 6.45) is 8.07. The molecule has 0 bridgehead atoms. The first-order valence-electron chi connectivity index (χ1n) is 10.3. The molecule has 1 saturated heterocycles. The van der Waals surface area contributed by atoms with E-state index >= 15 is 0 Å². The molecule has 3 heterocycles. The average molecular weight is 526 g/mol. The van der Waals surface area contributed by atoms with Crippen LogP contribution in [0.5, 0.6) is 0 Å². The molecule has 0 aromatic carbocycles. The number of pyridine rings is 1. The summed E-state index contributed by atoms with van der Waals surface area (Å²) in [5.41, 5.74) is 2.39. The Bertz CT molecular complexity index is 794. The van der Waals surface area contributed by atoms with Gasteiger partial charge in [-0.3, -0.25) is 9.67 Å². The summed E-state index contributed by atoms with van der Waals surface area (Å²) in [6, 6.07) is 4.89. The predicted octanol–water partition coefficient (Wildman–Crippen LogP) is 2.18. The minimum Gasteiger partial charge on any atom is -0.356 e. The maximum atomic E-state index is 4.56. The summed E-state index contributed by atoms with van der Waals surface area (Å²) in [6.45, 7) is 4.84. The van der Waals surface area contributed by atoms with Crippen molar-refractivity contribution < 1.29 is 0 Å². The van der Waals surface area contributed by atoms with Gasteiger partial charge >= 0.3 is 0 Å². The number of piperidine rings is 1. The molecule has 1 atom stereocenters. The van der Waals surface area contributed by atoms with E-state index in [9.17, 15) is 0 Å². The van der Waals surface area contributed by atoms with Crippen LogP contribution in [-0.4, -0.2) is 72.4 Å². The smallest absolute Gasteiger partial charge is 0.191 e. The molecule has 0 amide bonds. The Morgan fingerprint density at radius 3 is 2.53 bits per heavy atom. The van der Waals surface area contributed by atoms with Crippen LogP contribution in [0.15, 0.2) is 35.7 Å². The first-order valence-corrected chi connectivity index (χ1v) is 10.3. The third kappa shape index (κ3) is 6.56. The number of likely N-dealkylation sites (N-methyl/N-ethyl adjacent to an activating group) is 1. The predicted molar refractivity (Wildman–Crippen MR) is 134 cm³/mol. The van der Waals surface area contributed by atoms with Gasteiger partial charge in [-0.2, -0.15) is 5.10 Å². The Balaban J connectivity index is 0.00000320. The second-order valence-electron chi connectivity index (χ2n) is 7.98. The van der Waals surface area contributed by atoms with Gasteiger partial charge in [0.15, 0.2) is 5.96 Å². The highest BCUT2D eigenvalue weighted by atomic mass is 127. The first-order chi connectivity index (χ1) is 14.0. The number of halogens is 1. The molecule has 1 aliphatic rings. The van der Waals surface area contributed by atoms with Gasteiger partial charge in [0.1, 0.15) is 5.82 Å². The number of hydrogen-bond donors (Lipinski definition) is 2. The Morgan fingerprint density at radius 1 is 1.27 bits per heavy atom. The van der Waals surface area contributed by atoms with E-state index in [0.29, 0.717) is 6.04 Å². The molecule has 9 heteroatoms. The summed E-state index contributed by atoms with van der Waals surface area (Å²) in [7, 11) is 7.95. The number of anilines is 1.